The first kappa shape index (κ1) is 15.5. The Balaban J connectivity index is 3.93. The minimum Gasteiger partial charge on any atom is -0.387 e. The van der Waals surface area contributed by atoms with Gasteiger partial charge in [0.15, 0.2) is 0 Å². The molecular formula is C12H21N3O2. The van der Waals surface area contributed by atoms with Crippen LogP contribution in [0.1, 0.15) is 27.2 Å². The highest BCUT2D eigenvalue weighted by molar-refractivity contribution is 5.97. The fourth-order valence-electron chi connectivity index (χ4n) is 1.01. The zero-order valence-electron chi connectivity index (χ0n) is 10.7. The van der Waals surface area contributed by atoms with E-state index in [1.54, 1.807) is 0 Å². The summed E-state index contributed by atoms with van der Waals surface area (Å²) >= 11 is 0. The molecule has 0 unspecified atom stereocenters. The van der Waals surface area contributed by atoms with Crippen molar-refractivity contribution in [2.75, 3.05) is 19.8 Å². The van der Waals surface area contributed by atoms with Crippen molar-refractivity contribution in [3.05, 3.63) is 11.8 Å². The Morgan fingerprint density at radius 3 is 2.76 bits per heavy atom. The summed E-state index contributed by atoms with van der Waals surface area (Å²) in [6.07, 6.45) is 2.19. The molecule has 5 heteroatoms. The van der Waals surface area contributed by atoms with Crippen molar-refractivity contribution in [1.29, 1.82) is 5.26 Å². The summed E-state index contributed by atoms with van der Waals surface area (Å²) in [5, 5.41) is 14.4. The Kier molecular flexibility index (Phi) is 8.79. The Labute approximate surface area is 103 Å². The zero-order valence-corrected chi connectivity index (χ0v) is 10.7. The lowest BCUT2D eigenvalue weighted by Crippen LogP contribution is -2.28. The van der Waals surface area contributed by atoms with E-state index in [2.05, 4.69) is 10.6 Å². The van der Waals surface area contributed by atoms with Gasteiger partial charge in [-0.15, -0.1) is 0 Å². The Morgan fingerprint density at radius 1 is 1.53 bits per heavy atom. The molecule has 0 aromatic carbocycles. The van der Waals surface area contributed by atoms with Crippen molar-refractivity contribution in [1.82, 2.24) is 10.6 Å². The second kappa shape index (κ2) is 9.67. The molecule has 96 valence electrons. The number of nitrogens with zero attached hydrogens (tertiary/aromatic N) is 1. The lowest BCUT2D eigenvalue weighted by molar-refractivity contribution is -0.117. The molecule has 0 radical (unpaired) electrons. The Morgan fingerprint density at radius 2 is 2.24 bits per heavy atom. The van der Waals surface area contributed by atoms with Gasteiger partial charge in [0, 0.05) is 32.0 Å². The molecule has 0 saturated carbocycles. The van der Waals surface area contributed by atoms with E-state index in [-0.39, 0.29) is 17.5 Å². The van der Waals surface area contributed by atoms with Crippen LogP contribution in [-0.4, -0.2) is 31.7 Å². The normalized spacial score (nSPS) is 11.1. The number of amides is 1. The fraction of sp³-hybridized carbons (Fsp3) is 0.667. The van der Waals surface area contributed by atoms with Crippen LogP contribution in [0.2, 0.25) is 0 Å². The molecule has 0 aliphatic rings. The molecule has 17 heavy (non-hydrogen) atoms. The van der Waals surface area contributed by atoms with E-state index < -0.39 is 0 Å². The first-order chi connectivity index (χ1) is 8.11. The van der Waals surface area contributed by atoms with Crippen LogP contribution in [0.4, 0.5) is 0 Å². The van der Waals surface area contributed by atoms with Gasteiger partial charge in [-0.2, -0.15) is 5.26 Å². The Bertz CT molecular complexity index is 293. The summed E-state index contributed by atoms with van der Waals surface area (Å²) in [4.78, 5) is 11.5. The van der Waals surface area contributed by atoms with Crippen molar-refractivity contribution >= 4 is 5.91 Å². The van der Waals surface area contributed by atoms with Gasteiger partial charge in [0.25, 0.3) is 5.91 Å². The summed E-state index contributed by atoms with van der Waals surface area (Å²) in [6, 6.07) is 2.06. The monoisotopic (exact) mass is 239 g/mol. The summed E-state index contributed by atoms with van der Waals surface area (Å²) in [5.74, 6) is -0.350. The molecule has 0 fully saturated rings. The van der Waals surface area contributed by atoms with E-state index >= 15 is 0 Å². The maximum absolute atomic E-state index is 11.5. The summed E-state index contributed by atoms with van der Waals surface area (Å²) in [5.41, 5.74) is 0.0927. The van der Waals surface area contributed by atoms with E-state index in [0.29, 0.717) is 19.8 Å². The largest absolute Gasteiger partial charge is 0.387 e. The average molecular weight is 239 g/mol. The van der Waals surface area contributed by atoms with Crippen molar-refractivity contribution < 1.29 is 9.53 Å². The molecule has 0 aromatic rings. The van der Waals surface area contributed by atoms with Crippen molar-refractivity contribution in [2.45, 2.75) is 33.2 Å². The maximum Gasteiger partial charge on any atom is 0.263 e. The van der Waals surface area contributed by atoms with Gasteiger partial charge in [0.1, 0.15) is 11.6 Å². The third-order valence-electron chi connectivity index (χ3n) is 1.88. The fourth-order valence-corrected chi connectivity index (χ4v) is 1.01. The van der Waals surface area contributed by atoms with Crippen molar-refractivity contribution in [3.63, 3.8) is 0 Å². The van der Waals surface area contributed by atoms with Crippen LogP contribution in [-0.2, 0) is 9.53 Å². The third kappa shape index (κ3) is 8.29. The first-order valence-electron chi connectivity index (χ1n) is 5.84. The van der Waals surface area contributed by atoms with Gasteiger partial charge in [0.05, 0.1) is 0 Å². The minimum atomic E-state index is -0.350. The number of hydrogen-bond donors (Lipinski definition) is 2. The van der Waals surface area contributed by atoms with Crippen LogP contribution in [0.3, 0.4) is 0 Å². The molecule has 2 N–H and O–H groups in total. The second-order valence-corrected chi connectivity index (χ2v) is 3.80. The zero-order chi connectivity index (χ0) is 13.1. The van der Waals surface area contributed by atoms with Crippen LogP contribution in [0.5, 0.6) is 0 Å². The highest BCUT2D eigenvalue weighted by atomic mass is 16.5. The topological polar surface area (TPSA) is 74.1 Å². The molecule has 0 spiro atoms. The number of nitrogens with one attached hydrogen (secondary N) is 2. The SMILES string of the molecule is CCOCCCNC(=O)/C(C#N)=C\NC(C)C. The van der Waals surface area contributed by atoms with Gasteiger partial charge >= 0.3 is 0 Å². The van der Waals surface area contributed by atoms with E-state index in [0.717, 1.165) is 6.42 Å². The molecule has 0 bridgehead atoms. The van der Waals surface area contributed by atoms with Gasteiger partial charge in [0.2, 0.25) is 0 Å². The smallest absolute Gasteiger partial charge is 0.263 e. The number of hydrogen-bond acceptors (Lipinski definition) is 4. The molecule has 0 rings (SSSR count). The van der Waals surface area contributed by atoms with Crippen LogP contribution in [0, 0.1) is 11.3 Å². The molecule has 0 atom stereocenters. The van der Waals surface area contributed by atoms with Crippen molar-refractivity contribution in [2.24, 2.45) is 0 Å². The molecule has 1 amide bonds. The summed E-state index contributed by atoms with van der Waals surface area (Å²) in [6.45, 7) is 7.60. The summed E-state index contributed by atoms with van der Waals surface area (Å²) < 4.78 is 5.14. The maximum atomic E-state index is 11.5. The molecule has 0 aromatic heterocycles. The van der Waals surface area contributed by atoms with Crippen LogP contribution in [0.25, 0.3) is 0 Å². The standard InChI is InChI=1S/C12H21N3O2/c1-4-17-7-5-6-14-12(16)11(8-13)9-15-10(2)3/h9-10,15H,4-7H2,1-3H3,(H,14,16)/b11-9-. The van der Waals surface area contributed by atoms with E-state index in [9.17, 15) is 4.79 Å². The molecule has 0 saturated heterocycles. The number of ether oxygens (including phenoxy) is 1. The first-order valence-corrected chi connectivity index (χ1v) is 5.84. The van der Waals surface area contributed by atoms with Gasteiger partial charge < -0.3 is 15.4 Å². The number of carbonyl (C=O) groups excluding carboxylic acids is 1. The minimum absolute atomic E-state index is 0.0927. The molecule has 5 nitrogen and oxygen atoms in total. The highest BCUT2D eigenvalue weighted by Gasteiger charge is 2.07. The lowest BCUT2D eigenvalue weighted by atomic mass is 10.3. The highest BCUT2D eigenvalue weighted by Crippen LogP contribution is 1.92. The molecular weight excluding hydrogens is 218 g/mol. The van der Waals surface area contributed by atoms with Gasteiger partial charge in [-0.1, -0.05) is 0 Å². The quantitative estimate of drug-likeness (QED) is 0.375. The van der Waals surface area contributed by atoms with E-state index in [1.165, 1.54) is 6.20 Å². The number of carbonyl (C=O) groups is 1. The van der Waals surface area contributed by atoms with E-state index in [4.69, 9.17) is 10.00 Å². The van der Waals surface area contributed by atoms with Crippen LogP contribution < -0.4 is 10.6 Å². The molecule has 0 heterocycles. The number of rotatable bonds is 8. The Hall–Kier alpha value is -1.54. The predicted octanol–water partition coefficient (Wildman–Crippen LogP) is 0.935. The van der Waals surface area contributed by atoms with Crippen LogP contribution in [0.15, 0.2) is 11.8 Å². The summed E-state index contributed by atoms with van der Waals surface area (Å²) in [7, 11) is 0. The van der Waals surface area contributed by atoms with Gasteiger partial charge in [-0.3, -0.25) is 4.79 Å². The van der Waals surface area contributed by atoms with Crippen molar-refractivity contribution in [3.8, 4) is 6.07 Å². The third-order valence-corrected chi connectivity index (χ3v) is 1.88. The number of nitriles is 1. The average Bonchev–Trinajstić information content (AvgIpc) is 2.29. The molecule has 0 aliphatic heterocycles. The van der Waals surface area contributed by atoms with E-state index in [1.807, 2.05) is 26.8 Å². The van der Waals surface area contributed by atoms with Gasteiger partial charge in [-0.25, -0.2) is 0 Å². The lowest BCUT2D eigenvalue weighted by Gasteiger charge is -2.06. The molecule has 0 aliphatic carbocycles. The second-order valence-electron chi connectivity index (χ2n) is 3.80. The van der Waals surface area contributed by atoms with Gasteiger partial charge in [-0.05, 0) is 27.2 Å². The van der Waals surface area contributed by atoms with Crippen LogP contribution >= 0.6 is 0 Å². The predicted molar refractivity (Wildman–Crippen MR) is 66.1 cm³/mol.